The molecule has 1 atom stereocenters. The quantitative estimate of drug-likeness (QED) is 0.250. The number of anilines is 1. The lowest BCUT2D eigenvalue weighted by Gasteiger charge is -2.37. The number of esters is 1. The van der Waals surface area contributed by atoms with Crippen LogP contribution in [0.5, 0.6) is 0 Å². The van der Waals surface area contributed by atoms with Crippen molar-refractivity contribution in [2.24, 2.45) is 11.3 Å². The number of halogens is 4. The Balaban J connectivity index is 1.61. The smallest absolute Gasteiger partial charge is 0.339 e. The number of hydrogen-bond acceptors (Lipinski definition) is 4. The second-order valence-electron chi connectivity index (χ2n) is 9.68. The van der Waals surface area contributed by atoms with Crippen molar-refractivity contribution in [3.63, 3.8) is 0 Å². The summed E-state index contributed by atoms with van der Waals surface area (Å²) in [5.41, 5.74) is 1.23. The Hall–Kier alpha value is -3.49. The molecule has 1 aliphatic rings. The minimum atomic E-state index is -1.76. The highest BCUT2D eigenvalue weighted by atomic mass is 19.2. The van der Waals surface area contributed by atoms with E-state index in [9.17, 15) is 27.2 Å². The predicted molar refractivity (Wildman–Crippen MR) is 127 cm³/mol. The Bertz CT molecular complexity index is 1330. The Kier molecular flexibility index (Phi) is 7.02. The van der Waals surface area contributed by atoms with E-state index in [1.807, 2.05) is 0 Å². The highest BCUT2D eigenvalue weighted by Crippen LogP contribution is 2.41. The molecule has 0 bridgehead atoms. The first kappa shape index (κ1) is 25.6. The highest BCUT2D eigenvalue weighted by molar-refractivity contribution is 6.06. The summed E-state index contributed by atoms with van der Waals surface area (Å²) in [5.74, 6) is -8.48. The van der Waals surface area contributed by atoms with Crippen molar-refractivity contribution < 1.29 is 31.9 Å². The van der Waals surface area contributed by atoms with Crippen LogP contribution in [0.1, 0.15) is 55.2 Å². The molecule has 1 aromatic heterocycles. The van der Waals surface area contributed by atoms with Gasteiger partial charge in [0.1, 0.15) is 5.69 Å². The van der Waals surface area contributed by atoms with Crippen molar-refractivity contribution in [2.75, 3.05) is 11.9 Å². The van der Waals surface area contributed by atoms with Gasteiger partial charge in [-0.25, -0.2) is 22.4 Å². The van der Waals surface area contributed by atoms with Crippen molar-refractivity contribution in [2.45, 2.75) is 46.5 Å². The molecule has 2 aromatic carbocycles. The molecule has 0 radical (unpaired) electrons. The Morgan fingerprint density at radius 1 is 1.11 bits per heavy atom. The molecular formula is C27H26F4N2O3. The molecule has 4 rings (SSSR count). The third-order valence-electron chi connectivity index (χ3n) is 7.19. The molecule has 0 aliphatic heterocycles. The summed E-state index contributed by atoms with van der Waals surface area (Å²) in [4.78, 5) is 30.3. The molecule has 3 aromatic rings. The molecule has 1 heterocycles. The zero-order valence-electron chi connectivity index (χ0n) is 20.2. The molecule has 190 valence electrons. The van der Waals surface area contributed by atoms with Gasteiger partial charge in [0.05, 0.1) is 11.1 Å². The first-order chi connectivity index (χ1) is 17.0. The van der Waals surface area contributed by atoms with Gasteiger partial charge in [0.2, 0.25) is 0 Å². The Morgan fingerprint density at radius 3 is 2.44 bits per heavy atom. The van der Waals surface area contributed by atoms with Crippen molar-refractivity contribution in [3.8, 4) is 0 Å². The fourth-order valence-corrected chi connectivity index (χ4v) is 4.64. The van der Waals surface area contributed by atoms with Crippen molar-refractivity contribution in [3.05, 3.63) is 70.4 Å². The zero-order valence-corrected chi connectivity index (χ0v) is 20.2. The van der Waals surface area contributed by atoms with E-state index in [-0.39, 0.29) is 11.5 Å². The fourth-order valence-electron chi connectivity index (χ4n) is 4.64. The molecule has 0 fully saturated rings. The fraction of sp³-hybridized carbons (Fsp3) is 0.370. The minimum Gasteiger partial charge on any atom is -0.452 e. The van der Waals surface area contributed by atoms with Crippen LogP contribution in [-0.2, 0) is 22.4 Å². The van der Waals surface area contributed by atoms with Gasteiger partial charge in [0, 0.05) is 17.1 Å². The maximum Gasteiger partial charge on any atom is 0.339 e. The summed E-state index contributed by atoms with van der Waals surface area (Å²) >= 11 is 0. The SMILES string of the molecule is CCC(C)(C)C1CCc2nc3ccccc3c(C(=O)OCC(=O)Nc3c(F)c(F)cc(F)c3F)c2C1. The van der Waals surface area contributed by atoms with Crippen LogP contribution in [0, 0.1) is 34.6 Å². The number of aromatic nitrogens is 1. The average molecular weight is 503 g/mol. The Labute approximate surface area is 205 Å². The van der Waals surface area contributed by atoms with Crippen molar-refractivity contribution >= 4 is 28.5 Å². The first-order valence-electron chi connectivity index (χ1n) is 11.7. The van der Waals surface area contributed by atoms with E-state index in [0.29, 0.717) is 35.2 Å². The number of pyridine rings is 1. The second-order valence-corrected chi connectivity index (χ2v) is 9.68. The number of amides is 1. The predicted octanol–water partition coefficient (Wildman–Crippen LogP) is 6.13. The highest BCUT2D eigenvalue weighted by Gasteiger charge is 2.34. The van der Waals surface area contributed by atoms with Gasteiger partial charge < -0.3 is 10.1 Å². The number of nitrogens with zero attached hydrogens (tertiary/aromatic N) is 1. The second kappa shape index (κ2) is 9.87. The summed E-state index contributed by atoms with van der Waals surface area (Å²) in [5, 5.41) is 2.31. The van der Waals surface area contributed by atoms with E-state index in [4.69, 9.17) is 9.72 Å². The molecule has 1 amide bonds. The molecule has 1 unspecified atom stereocenters. The third kappa shape index (κ3) is 4.79. The van der Waals surface area contributed by atoms with Gasteiger partial charge in [0.25, 0.3) is 5.91 Å². The van der Waals surface area contributed by atoms with Crippen LogP contribution in [0.4, 0.5) is 23.2 Å². The number of carbonyl (C=O) groups excluding carboxylic acids is 2. The topological polar surface area (TPSA) is 68.3 Å². The van der Waals surface area contributed by atoms with Gasteiger partial charge in [-0.05, 0) is 42.2 Å². The molecule has 36 heavy (non-hydrogen) atoms. The molecule has 1 N–H and O–H groups in total. The van der Waals surface area contributed by atoms with Crippen LogP contribution in [0.15, 0.2) is 30.3 Å². The third-order valence-corrected chi connectivity index (χ3v) is 7.19. The summed E-state index contributed by atoms with van der Waals surface area (Å²) in [6, 6.07) is 7.13. The largest absolute Gasteiger partial charge is 0.452 e. The molecule has 0 saturated carbocycles. The summed E-state index contributed by atoms with van der Waals surface area (Å²) in [6.07, 6.45) is 3.20. The van der Waals surface area contributed by atoms with Gasteiger partial charge in [0.15, 0.2) is 29.9 Å². The molecular weight excluding hydrogens is 476 g/mol. The molecule has 0 spiro atoms. The summed E-state index contributed by atoms with van der Waals surface area (Å²) in [6.45, 7) is 5.59. The van der Waals surface area contributed by atoms with Crippen LogP contribution in [0.25, 0.3) is 10.9 Å². The standard InChI is InChI=1S/C27H26F4N2O3/c1-4-27(2,3)14-9-10-20-16(11-14)22(15-7-5-6-8-19(15)32-20)26(35)36-13-21(34)33-25-23(30)17(28)12-18(29)24(25)31/h5-8,12,14H,4,9-11,13H2,1-3H3,(H,33,34). The minimum absolute atomic E-state index is 0.0329. The number of rotatable bonds is 6. The lowest BCUT2D eigenvalue weighted by Crippen LogP contribution is -2.31. The van der Waals surface area contributed by atoms with E-state index in [1.54, 1.807) is 29.6 Å². The monoisotopic (exact) mass is 502 g/mol. The number of benzene rings is 2. The van der Waals surface area contributed by atoms with E-state index in [0.717, 1.165) is 24.1 Å². The van der Waals surface area contributed by atoms with Gasteiger partial charge in [-0.15, -0.1) is 0 Å². The van der Waals surface area contributed by atoms with Crippen LogP contribution >= 0.6 is 0 Å². The van der Waals surface area contributed by atoms with Gasteiger partial charge in [-0.1, -0.05) is 45.4 Å². The van der Waals surface area contributed by atoms with E-state index < -0.39 is 47.4 Å². The number of carbonyl (C=O) groups is 2. The normalized spacial score (nSPS) is 15.5. The van der Waals surface area contributed by atoms with Crippen LogP contribution < -0.4 is 5.32 Å². The van der Waals surface area contributed by atoms with Gasteiger partial charge in [-0.3, -0.25) is 9.78 Å². The number of para-hydroxylation sites is 1. The molecule has 1 aliphatic carbocycles. The first-order valence-corrected chi connectivity index (χ1v) is 11.7. The average Bonchev–Trinajstić information content (AvgIpc) is 2.86. The maximum absolute atomic E-state index is 13.9. The summed E-state index contributed by atoms with van der Waals surface area (Å²) in [7, 11) is 0. The molecule has 5 nitrogen and oxygen atoms in total. The van der Waals surface area contributed by atoms with Gasteiger partial charge in [-0.2, -0.15) is 0 Å². The van der Waals surface area contributed by atoms with Crippen molar-refractivity contribution in [1.82, 2.24) is 4.98 Å². The number of ether oxygens (including phenoxy) is 1. The van der Waals surface area contributed by atoms with Crippen LogP contribution in [0.3, 0.4) is 0 Å². The number of hydrogen-bond donors (Lipinski definition) is 1. The van der Waals surface area contributed by atoms with Crippen LogP contribution in [-0.4, -0.2) is 23.5 Å². The molecule has 0 saturated heterocycles. The maximum atomic E-state index is 13.9. The van der Waals surface area contributed by atoms with E-state index in [2.05, 4.69) is 20.8 Å². The van der Waals surface area contributed by atoms with Crippen molar-refractivity contribution in [1.29, 1.82) is 0 Å². The van der Waals surface area contributed by atoms with Crippen LogP contribution in [0.2, 0.25) is 0 Å². The number of fused-ring (bicyclic) bond motifs is 2. The number of aryl methyl sites for hydroxylation is 1. The number of nitrogens with one attached hydrogen (secondary N) is 1. The van der Waals surface area contributed by atoms with Gasteiger partial charge >= 0.3 is 5.97 Å². The lowest BCUT2D eigenvalue weighted by atomic mass is 9.68. The van der Waals surface area contributed by atoms with E-state index >= 15 is 0 Å². The summed E-state index contributed by atoms with van der Waals surface area (Å²) < 4.78 is 59.8. The molecule has 9 heteroatoms. The Morgan fingerprint density at radius 2 is 1.78 bits per heavy atom. The van der Waals surface area contributed by atoms with E-state index in [1.165, 1.54) is 0 Å². The zero-order chi connectivity index (χ0) is 26.2. The lowest BCUT2D eigenvalue weighted by molar-refractivity contribution is -0.119.